The van der Waals surface area contributed by atoms with Crippen molar-refractivity contribution in [1.82, 2.24) is 5.32 Å². The molecule has 180 valence electrons. The second-order valence-corrected chi connectivity index (χ2v) is 11.1. The minimum absolute atomic E-state index is 0.0419. The summed E-state index contributed by atoms with van der Waals surface area (Å²) in [5.41, 5.74) is 4.32. The predicted molar refractivity (Wildman–Crippen MR) is 142 cm³/mol. The van der Waals surface area contributed by atoms with Crippen LogP contribution in [0, 0.1) is 18.8 Å². The minimum atomic E-state index is -0.0618. The standard InChI is InChI=1S/C30H32N2O2S/c1-19-11-13-22(14-12-19)18-32-26-17-23(29(33)31-25-9-6-7-20(2)21(25)3)15-16-28(26)35-27-10-5-4-8-24(27)30(32)34/h4-5,8,10-17,20-21,25H,6-7,9,18H2,1-3H3,(H,31,33)/t20-,21+,25+/m0/s1. The lowest BCUT2D eigenvalue weighted by atomic mass is 9.78. The number of carbonyl (C=O) groups is 2. The molecule has 1 N–H and O–H groups in total. The first-order valence-electron chi connectivity index (χ1n) is 12.5. The number of hydrogen-bond acceptors (Lipinski definition) is 3. The average molecular weight is 485 g/mol. The number of aryl methyl sites for hydroxylation is 1. The second kappa shape index (κ2) is 9.90. The molecule has 4 nitrogen and oxygen atoms in total. The molecule has 1 fully saturated rings. The molecular weight excluding hydrogens is 452 g/mol. The van der Waals surface area contributed by atoms with Crippen LogP contribution >= 0.6 is 11.8 Å². The normalized spacial score (nSPS) is 21.6. The second-order valence-electron chi connectivity index (χ2n) is 10.0. The van der Waals surface area contributed by atoms with E-state index in [0.29, 0.717) is 29.5 Å². The summed E-state index contributed by atoms with van der Waals surface area (Å²) in [6.07, 6.45) is 3.39. The van der Waals surface area contributed by atoms with Gasteiger partial charge in [-0.15, -0.1) is 0 Å². The molecule has 0 aromatic heterocycles. The lowest BCUT2D eigenvalue weighted by Crippen LogP contribution is -2.43. The molecule has 0 saturated heterocycles. The lowest BCUT2D eigenvalue weighted by molar-refractivity contribution is 0.0889. The van der Waals surface area contributed by atoms with Crippen LogP contribution in [0.3, 0.4) is 0 Å². The topological polar surface area (TPSA) is 49.4 Å². The Morgan fingerprint density at radius 2 is 1.77 bits per heavy atom. The largest absolute Gasteiger partial charge is 0.349 e. The summed E-state index contributed by atoms with van der Waals surface area (Å²) < 4.78 is 0. The first-order chi connectivity index (χ1) is 16.9. The van der Waals surface area contributed by atoms with Gasteiger partial charge in [0.15, 0.2) is 0 Å². The third-order valence-corrected chi connectivity index (χ3v) is 8.72. The van der Waals surface area contributed by atoms with Crippen LogP contribution in [-0.4, -0.2) is 17.9 Å². The SMILES string of the molecule is Cc1ccc(CN2C(=O)c3ccccc3Sc3ccc(C(=O)N[C@@H]4CCC[C@H](C)[C@H]4C)cc32)cc1. The van der Waals surface area contributed by atoms with E-state index in [1.54, 1.807) is 11.8 Å². The molecule has 1 aliphatic carbocycles. The smallest absolute Gasteiger partial charge is 0.259 e. The first-order valence-corrected chi connectivity index (χ1v) is 13.3. The van der Waals surface area contributed by atoms with Gasteiger partial charge in [0.1, 0.15) is 0 Å². The van der Waals surface area contributed by atoms with Gasteiger partial charge >= 0.3 is 0 Å². The molecule has 0 spiro atoms. The van der Waals surface area contributed by atoms with Crippen molar-refractivity contribution in [2.24, 2.45) is 11.8 Å². The van der Waals surface area contributed by atoms with Crippen LogP contribution in [0.1, 0.15) is 65.0 Å². The number of hydrogen-bond donors (Lipinski definition) is 1. The van der Waals surface area contributed by atoms with E-state index in [9.17, 15) is 9.59 Å². The number of nitrogens with one attached hydrogen (secondary N) is 1. The molecule has 0 bridgehead atoms. The third-order valence-electron chi connectivity index (χ3n) is 7.58. The zero-order valence-electron chi connectivity index (χ0n) is 20.6. The number of fused-ring (bicyclic) bond motifs is 2. The zero-order valence-corrected chi connectivity index (χ0v) is 21.4. The molecule has 5 rings (SSSR count). The van der Waals surface area contributed by atoms with Gasteiger partial charge in [-0.1, -0.05) is 80.4 Å². The summed E-state index contributed by atoms with van der Waals surface area (Å²) in [6, 6.07) is 22.0. The highest BCUT2D eigenvalue weighted by Crippen LogP contribution is 2.42. The Labute approximate surface area is 212 Å². The summed E-state index contributed by atoms with van der Waals surface area (Å²) in [5.74, 6) is 0.963. The third kappa shape index (κ3) is 4.87. The highest BCUT2D eigenvalue weighted by atomic mass is 32.2. The molecule has 1 heterocycles. The lowest BCUT2D eigenvalue weighted by Gasteiger charge is -2.34. The highest BCUT2D eigenvalue weighted by molar-refractivity contribution is 7.99. The molecule has 3 atom stereocenters. The van der Waals surface area contributed by atoms with Gasteiger partial charge in [0.2, 0.25) is 0 Å². The van der Waals surface area contributed by atoms with Crippen LogP contribution in [0.4, 0.5) is 5.69 Å². The number of amides is 2. The van der Waals surface area contributed by atoms with Crippen molar-refractivity contribution in [2.75, 3.05) is 4.90 Å². The Balaban J connectivity index is 1.50. The molecule has 35 heavy (non-hydrogen) atoms. The summed E-state index contributed by atoms with van der Waals surface area (Å²) in [4.78, 5) is 30.8. The molecule has 0 unspecified atom stereocenters. The number of nitrogens with zero attached hydrogens (tertiary/aromatic N) is 1. The number of anilines is 1. The Kier molecular flexibility index (Phi) is 6.70. The number of carbonyl (C=O) groups excluding carboxylic acids is 2. The van der Waals surface area contributed by atoms with Crippen LogP contribution in [0.5, 0.6) is 0 Å². The van der Waals surface area contributed by atoms with Crippen molar-refractivity contribution in [2.45, 2.75) is 62.4 Å². The minimum Gasteiger partial charge on any atom is -0.349 e. The fourth-order valence-electron chi connectivity index (χ4n) is 5.13. The van der Waals surface area contributed by atoms with Crippen LogP contribution < -0.4 is 10.2 Å². The summed E-state index contributed by atoms with van der Waals surface area (Å²) in [7, 11) is 0. The molecule has 3 aromatic carbocycles. The Hall–Kier alpha value is -3.05. The fourth-order valence-corrected chi connectivity index (χ4v) is 6.19. The maximum atomic E-state index is 13.8. The summed E-state index contributed by atoms with van der Waals surface area (Å²) in [6.45, 7) is 7.02. The van der Waals surface area contributed by atoms with Crippen LogP contribution in [0.25, 0.3) is 0 Å². The Morgan fingerprint density at radius 3 is 2.57 bits per heavy atom. The summed E-state index contributed by atoms with van der Waals surface area (Å²) in [5, 5.41) is 3.29. The number of benzene rings is 3. The fraction of sp³-hybridized carbons (Fsp3) is 0.333. The molecule has 2 amide bonds. The van der Waals surface area contributed by atoms with E-state index in [4.69, 9.17) is 0 Å². The molecule has 5 heteroatoms. The van der Waals surface area contributed by atoms with Crippen LogP contribution in [-0.2, 0) is 6.54 Å². The van der Waals surface area contributed by atoms with E-state index in [1.165, 1.54) is 12.0 Å². The molecule has 2 aliphatic rings. The van der Waals surface area contributed by atoms with Gasteiger partial charge in [-0.3, -0.25) is 9.59 Å². The van der Waals surface area contributed by atoms with Crippen LogP contribution in [0.15, 0.2) is 76.5 Å². The molecule has 3 aromatic rings. The Morgan fingerprint density at radius 1 is 1.00 bits per heavy atom. The van der Waals surface area contributed by atoms with Crippen molar-refractivity contribution < 1.29 is 9.59 Å². The van der Waals surface area contributed by atoms with E-state index in [1.807, 2.05) is 47.4 Å². The summed E-state index contributed by atoms with van der Waals surface area (Å²) >= 11 is 1.59. The van der Waals surface area contributed by atoms with Crippen molar-refractivity contribution in [3.05, 3.63) is 89.0 Å². The predicted octanol–water partition coefficient (Wildman–Crippen LogP) is 6.86. The van der Waals surface area contributed by atoms with Gasteiger partial charge in [-0.2, -0.15) is 0 Å². The Bertz CT molecular complexity index is 1250. The molecular formula is C30H32N2O2S. The van der Waals surface area contributed by atoms with Gasteiger partial charge in [-0.25, -0.2) is 0 Å². The number of rotatable bonds is 4. The van der Waals surface area contributed by atoms with E-state index in [0.717, 1.165) is 33.9 Å². The van der Waals surface area contributed by atoms with Gasteiger partial charge in [0.05, 0.1) is 17.8 Å². The van der Waals surface area contributed by atoms with Crippen molar-refractivity contribution in [1.29, 1.82) is 0 Å². The average Bonchev–Trinajstić information content (AvgIpc) is 2.97. The van der Waals surface area contributed by atoms with E-state index in [-0.39, 0.29) is 17.9 Å². The maximum absolute atomic E-state index is 13.8. The quantitative estimate of drug-likeness (QED) is 0.440. The zero-order chi connectivity index (χ0) is 24.5. The van der Waals surface area contributed by atoms with E-state index >= 15 is 0 Å². The van der Waals surface area contributed by atoms with Crippen molar-refractivity contribution in [3.8, 4) is 0 Å². The van der Waals surface area contributed by atoms with Gasteiger partial charge in [0.25, 0.3) is 11.8 Å². The van der Waals surface area contributed by atoms with Gasteiger partial charge in [0, 0.05) is 21.4 Å². The van der Waals surface area contributed by atoms with E-state index in [2.05, 4.69) is 50.4 Å². The molecule has 0 radical (unpaired) electrons. The first kappa shape index (κ1) is 23.7. The monoisotopic (exact) mass is 484 g/mol. The maximum Gasteiger partial charge on any atom is 0.259 e. The molecule has 1 aliphatic heterocycles. The molecule has 1 saturated carbocycles. The van der Waals surface area contributed by atoms with Crippen LogP contribution in [0.2, 0.25) is 0 Å². The van der Waals surface area contributed by atoms with Crippen molar-refractivity contribution in [3.63, 3.8) is 0 Å². The van der Waals surface area contributed by atoms with Gasteiger partial charge in [-0.05, 0) is 61.1 Å². The highest BCUT2D eigenvalue weighted by Gasteiger charge is 2.30. The van der Waals surface area contributed by atoms with E-state index < -0.39 is 0 Å². The van der Waals surface area contributed by atoms with Gasteiger partial charge < -0.3 is 10.2 Å². The van der Waals surface area contributed by atoms with Crippen molar-refractivity contribution >= 4 is 29.3 Å².